The van der Waals surface area contributed by atoms with E-state index in [1.54, 1.807) is 0 Å². The van der Waals surface area contributed by atoms with Crippen molar-refractivity contribution in [3.63, 3.8) is 0 Å². The van der Waals surface area contributed by atoms with Gasteiger partial charge in [-0.05, 0) is 17.3 Å². The number of aliphatic hydroxyl groups excluding tert-OH is 2. The molecule has 0 aliphatic carbocycles. The molecular weight excluding hydrogens is 196 g/mol. The van der Waals surface area contributed by atoms with Crippen molar-refractivity contribution in [3.8, 4) is 0 Å². The maximum Gasteiger partial charge on any atom is 0.0586 e. The third-order valence-electron chi connectivity index (χ3n) is 1.15. The SMILES string of the molecule is C=C(Br)C[C@@H](O)CCCO. The first-order chi connectivity index (χ1) is 4.66. The molecule has 0 aromatic carbocycles. The van der Waals surface area contributed by atoms with Crippen LogP contribution in [0.25, 0.3) is 0 Å². The van der Waals surface area contributed by atoms with E-state index in [4.69, 9.17) is 10.2 Å². The van der Waals surface area contributed by atoms with Crippen LogP contribution in [0.3, 0.4) is 0 Å². The van der Waals surface area contributed by atoms with Crippen LogP contribution >= 0.6 is 15.9 Å². The normalized spacial score (nSPS) is 13.1. The Hall–Kier alpha value is 0.140. The van der Waals surface area contributed by atoms with E-state index in [1.807, 2.05) is 0 Å². The van der Waals surface area contributed by atoms with Gasteiger partial charge in [0.15, 0.2) is 0 Å². The van der Waals surface area contributed by atoms with Crippen LogP contribution in [0.2, 0.25) is 0 Å². The van der Waals surface area contributed by atoms with Gasteiger partial charge in [-0.15, -0.1) is 0 Å². The van der Waals surface area contributed by atoms with Gasteiger partial charge in [-0.1, -0.05) is 22.5 Å². The van der Waals surface area contributed by atoms with Crippen LogP contribution in [-0.2, 0) is 0 Å². The zero-order valence-corrected chi connectivity index (χ0v) is 7.47. The van der Waals surface area contributed by atoms with E-state index < -0.39 is 0 Å². The molecule has 0 aromatic rings. The third-order valence-corrected chi connectivity index (χ3v) is 1.48. The molecule has 0 heterocycles. The molecule has 0 bridgehead atoms. The minimum Gasteiger partial charge on any atom is -0.396 e. The summed E-state index contributed by atoms with van der Waals surface area (Å²) < 4.78 is 0.804. The summed E-state index contributed by atoms with van der Waals surface area (Å²) in [5, 5.41) is 17.6. The summed E-state index contributed by atoms with van der Waals surface area (Å²) in [5.41, 5.74) is 0. The maximum absolute atomic E-state index is 9.15. The highest BCUT2D eigenvalue weighted by Gasteiger charge is 2.03. The van der Waals surface area contributed by atoms with Gasteiger partial charge in [-0.25, -0.2) is 0 Å². The molecule has 0 aliphatic rings. The highest BCUT2D eigenvalue weighted by atomic mass is 79.9. The summed E-state index contributed by atoms with van der Waals surface area (Å²) in [4.78, 5) is 0. The Morgan fingerprint density at radius 2 is 2.20 bits per heavy atom. The Labute approximate surface area is 69.7 Å². The average molecular weight is 209 g/mol. The van der Waals surface area contributed by atoms with Gasteiger partial charge in [0, 0.05) is 13.0 Å². The van der Waals surface area contributed by atoms with Crippen molar-refractivity contribution in [2.45, 2.75) is 25.4 Å². The molecule has 0 aromatic heterocycles. The number of rotatable bonds is 5. The molecule has 0 fully saturated rings. The van der Waals surface area contributed by atoms with E-state index >= 15 is 0 Å². The van der Waals surface area contributed by atoms with Crippen molar-refractivity contribution in [2.75, 3.05) is 6.61 Å². The van der Waals surface area contributed by atoms with Crippen LogP contribution < -0.4 is 0 Å². The van der Waals surface area contributed by atoms with E-state index in [-0.39, 0.29) is 12.7 Å². The molecule has 0 rings (SSSR count). The van der Waals surface area contributed by atoms with Gasteiger partial charge in [0.2, 0.25) is 0 Å². The van der Waals surface area contributed by atoms with Crippen LogP contribution in [0.5, 0.6) is 0 Å². The second-order valence-corrected chi connectivity index (χ2v) is 3.36. The van der Waals surface area contributed by atoms with E-state index in [1.165, 1.54) is 0 Å². The molecule has 2 N–H and O–H groups in total. The Morgan fingerprint density at radius 3 is 2.60 bits per heavy atom. The molecule has 2 nitrogen and oxygen atoms in total. The van der Waals surface area contributed by atoms with Gasteiger partial charge in [0.25, 0.3) is 0 Å². The fourth-order valence-electron chi connectivity index (χ4n) is 0.685. The molecule has 60 valence electrons. The second-order valence-electron chi connectivity index (χ2n) is 2.24. The largest absolute Gasteiger partial charge is 0.396 e. The van der Waals surface area contributed by atoms with Crippen molar-refractivity contribution >= 4 is 15.9 Å². The predicted molar refractivity (Wildman–Crippen MR) is 45.0 cm³/mol. The summed E-state index contributed by atoms with van der Waals surface area (Å²) in [6.45, 7) is 3.74. The molecule has 1 atom stereocenters. The fraction of sp³-hybridized carbons (Fsp3) is 0.714. The number of aliphatic hydroxyl groups is 2. The lowest BCUT2D eigenvalue weighted by Crippen LogP contribution is -2.06. The summed E-state index contributed by atoms with van der Waals surface area (Å²) in [6.07, 6.45) is 1.50. The first-order valence-electron chi connectivity index (χ1n) is 3.29. The molecule has 0 aliphatic heterocycles. The molecule has 3 heteroatoms. The van der Waals surface area contributed by atoms with E-state index in [9.17, 15) is 0 Å². The van der Waals surface area contributed by atoms with Crippen LogP contribution in [0, 0.1) is 0 Å². The summed E-state index contributed by atoms with van der Waals surface area (Å²) in [5.74, 6) is 0. The lowest BCUT2D eigenvalue weighted by Gasteiger charge is -2.06. The highest BCUT2D eigenvalue weighted by Crippen LogP contribution is 2.12. The van der Waals surface area contributed by atoms with Crippen LogP contribution in [0.15, 0.2) is 11.1 Å². The molecule has 0 unspecified atom stereocenters. The fourth-order valence-corrected chi connectivity index (χ4v) is 1.06. The van der Waals surface area contributed by atoms with Crippen LogP contribution in [0.1, 0.15) is 19.3 Å². The monoisotopic (exact) mass is 208 g/mol. The third kappa shape index (κ3) is 6.26. The van der Waals surface area contributed by atoms with Gasteiger partial charge >= 0.3 is 0 Å². The second kappa shape index (κ2) is 5.89. The zero-order valence-electron chi connectivity index (χ0n) is 5.89. The van der Waals surface area contributed by atoms with Crippen molar-refractivity contribution in [1.82, 2.24) is 0 Å². The quantitative estimate of drug-likeness (QED) is 0.718. The lowest BCUT2D eigenvalue weighted by molar-refractivity contribution is 0.152. The minimum atomic E-state index is -0.362. The van der Waals surface area contributed by atoms with Crippen LogP contribution in [-0.4, -0.2) is 22.9 Å². The first kappa shape index (κ1) is 10.1. The Balaban J connectivity index is 3.25. The Bertz CT molecular complexity index is 104. The molecular formula is C7H13BrO2. The number of hydrogen-bond donors (Lipinski definition) is 2. The highest BCUT2D eigenvalue weighted by molar-refractivity contribution is 9.11. The zero-order chi connectivity index (χ0) is 7.98. The van der Waals surface area contributed by atoms with Gasteiger partial charge in [0.1, 0.15) is 0 Å². The smallest absolute Gasteiger partial charge is 0.0586 e. The number of halogens is 1. The Morgan fingerprint density at radius 1 is 1.60 bits per heavy atom. The van der Waals surface area contributed by atoms with Gasteiger partial charge in [-0.2, -0.15) is 0 Å². The standard InChI is InChI=1S/C7H13BrO2/c1-6(8)5-7(10)3-2-4-9/h7,9-10H,1-5H2/t7-/m0/s1. The number of hydrogen-bond acceptors (Lipinski definition) is 2. The molecule has 0 radical (unpaired) electrons. The van der Waals surface area contributed by atoms with Crippen molar-refractivity contribution in [2.24, 2.45) is 0 Å². The Kier molecular flexibility index (Phi) is 5.97. The maximum atomic E-state index is 9.15. The molecule has 0 saturated carbocycles. The van der Waals surface area contributed by atoms with E-state index in [0.717, 1.165) is 4.48 Å². The van der Waals surface area contributed by atoms with Gasteiger partial charge < -0.3 is 10.2 Å². The summed E-state index contributed by atoms with van der Waals surface area (Å²) in [6, 6.07) is 0. The topological polar surface area (TPSA) is 40.5 Å². The molecule has 0 saturated heterocycles. The van der Waals surface area contributed by atoms with Crippen LogP contribution in [0.4, 0.5) is 0 Å². The first-order valence-corrected chi connectivity index (χ1v) is 4.08. The van der Waals surface area contributed by atoms with Gasteiger partial charge in [-0.3, -0.25) is 0 Å². The van der Waals surface area contributed by atoms with E-state index in [0.29, 0.717) is 19.3 Å². The lowest BCUT2D eigenvalue weighted by atomic mass is 10.1. The van der Waals surface area contributed by atoms with Crippen molar-refractivity contribution < 1.29 is 10.2 Å². The van der Waals surface area contributed by atoms with Gasteiger partial charge in [0.05, 0.1) is 6.10 Å². The van der Waals surface area contributed by atoms with Crippen molar-refractivity contribution in [3.05, 3.63) is 11.1 Å². The minimum absolute atomic E-state index is 0.145. The molecule has 10 heavy (non-hydrogen) atoms. The summed E-state index contributed by atoms with van der Waals surface area (Å²) >= 11 is 3.15. The predicted octanol–water partition coefficient (Wildman–Crippen LogP) is 1.42. The van der Waals surface area contributed by atoms with Crippen molar-refractivity contribution in [1.29, 1.82) is 0 Å². The van der Waals surface area contributed by atoms with E-state index in [2.05, 4.69) is 22.5 Å². The summed E-state index contributed by atoms with van der Waals surface area (Å²) in [7, 11) is 0. The molecule has 0 spiro atoms. The molecule has 0 amide bonds. The average Bonchev–Trinajstić information content (AvgIpc) is 1.82.